The van der Waals surface area contributed by atoms with Crippen LogP contribution in [0.2, 0.25) is 0 Å². The van der Waals surface area contributed by atoms with Crippen LogP contribution in [0.25, 0.3) is 22.3 Å². The first-order chi connectivity index (χ1) is 23.6. The summed E-state index contributed by atoms with van der Waals surface area (Å²) in [6.07, 6.45) is 6.70. The van der Waals surface area contributed by atoms with Gasteiger partial charge < -0.3 is 35.7 Å². The molecule has 258 valence electrons. The van der Waals surface area contributed by atoms with Gasteiger partial charge in [-0.3, -0.25) is 0 Å². The van der Waals surface area contributed by atoms with E-state index in [1.54, 1.807) is 18.5 Å². The van der Waals surface area contributed by atoms with Gasteiger partial charge in [0.1, 0.15) is 23.7 Å². The van der Waals surface area contributed by atoms with Crippen LogP contribution >= 0.6 is 0 Å². The minimum Gasteiger partial charge on any atom is -0.454 e. The van der Waals surface area contributed by atoms with Gasteiger partial charge in [0.2, 0.25) is 0 Å². The SMILES string of the molecule is CC1(c2cccc(CCC=O)c2)CCCCC(F)(F)/C(N)=C/NCc2c(c(F)cc3[nH]ccc23)Oc2ccc(F)c(c2)-c2ncc1[nH]2.CO. The van der Waals surface area contributed by atoms with Gasteiger partial charge in [0.05, 0.1) is 11.3 Å². The number of aliphatic hydroxyl groups excluding tert-OH is 1. The number of aryl methyl sites for hydroxylation is 1. The average molecular weight is 678 g/mol. The highest BCUT2D eigenvalue weighted by Crippen LogP contribution is 2.40. The van der Waals surface area contributed by atoms with Crippen molar-refractivity contribution in [2.24, 2.45) is 5.73 Å². The van der Waals surface area contributed by atoms with Gasteiger partial charge >= 0.3 is 0 Å². The number of carbonyl (C=O) groups is 1. The quantitative estimate of drug-likeness (QED) is 0.0977. The minimum absolute atomic E-state index is 0.0713. The molecule has 0 amide bonds. The van der Waals surface area contributed by atoms with Gasteiger partial charge in [-0.05, 0) is 61.6 Å². The summed E-state index contributed by atoms with van der Waals surface area (Å²) in [7, 11) is 1.00. The maximum absolute atomic E-state index is 15.5. The summed E-state index contributed by atoms with van der Waals surface area (Å²) >= 11 is 0. The Labute approximate surface area is 281 Å². The molecule has 1 aliphatic rings. The fourth-order valence-corrected chi connectivity index (χ4v) is 6.18. The molecule has 5 aromatic rings. The largest absolute Gasteiger partial charge is 0.454 e. The molecule has 4 bridgehead atoms. The number of hydrogen-bond acceptors (Lipinski definition) is 6. The van der Waals surface area contributed by atoms with Crippen molar-refractivity contribution in [1.29, 1.82) is 0 Å². The molecule has 0 fully saturated rings. The van der Waals surface area contributed by atoms with Crippen molar-refractivity contribution >= 4 is 17.2 Å². The normalized spacial score (nSPS) is 19.0. The molecule has 1 unspecified atom stereocenters. The Kier molecular flexibility index (Phi) is 10.8. The van der Waals surface area contributed by atoms with Crippen LogP contribution in [-0.4, -0.2) is 39.4 Å². The molecule has 49 heavy (non-hydrogen) atoms. The Morgan fingerprint density at radius 1 is 1.04 bits per heavy atom. The number of aldehydes is 1. The zero-order valence-corrected chi connectivity index (χ0v) is 27.3. The van der Waals surface area contributed by atoms with Gasteiger partial charge in [0.15, 0.2) is 11.6 Å². The number of allylic oxidation sites excluding steroid dienone is 1. The number of aromatic nitrogens is 3. The molecule has 2 aromatic heterocycles. The molecule has 1 aliphatic heterocycles. The molecular weight excluding hydrogens is 638 g/mol. The second kappa shape index (κ2) is 15.0. The van der Waals surface area contributed by atoms with E-state index in [9.17, 15) is 4.79 Å². The summed E-state index contributed by atoms with van der Waals surface area (Å²) in [6, 6.07) is 14.8. The number of aliphatic hydroxyl groups is 1. The van der Waals surface area contributed by atoms with Crippen LogP contribution in [0.5, 0.6) is 11.5 Å². The average Bonchev–Trinajstić information content (AvgIpc) is 3.79. The molecule has 0 spiro atoms. The number of aromatic amines is 2. The number of rotatable bonds is 4. The van der Waals surface area contributed by atoms with Crippen LogP contribution in [0.1, 0.15) is 61.4 Å². The maximum atomic E-state index is 15.5. The van der Waals surface area contributed by atoms with Crippen molar-refractivity contribution in [3.8, 4) is 22.9 Å². The highest BCUT2D eigenvalue weighted by Gasteiger charge is 2.35. The molecule has 3 aromatic carbocycles. The number of nitrogens with two attached hydrogens (primary N) is 1. The van der Waals surface area contributed by atoms with Gasteiger partial charge in [-0.1, -0.05) is 30.7 Å². The number of nitrogens with one attached hydrogen (secondary N) is 3. The Morgan fingerprint density at radius 2 is 1.84 bits per heavy atom. The number of halogens is 4. The molecular formula is C37H39F4N5O3. The molecule has 12 heteroatoms. The second-order valence-electron chi connectivity index (χ2n) is 12.1. The lowest BCUT2D eigenvalue weighted by Crippen LogP contribution is -2.28. The van der Waals surface area contributed by atoms with Crippen LogP contribution in [0.15, 0.2) is 78.9 Å². The van der Waals surface area contributed by atoms with Crippen LogP contribution in [0.4, 0.5) is 17.6 Å². The Hall–Kier alpha value is -5.10. The number of ether oxygens (including phenoxy) is 1. The highest BCUT2D eigenvalue weighted by molar-refractivity contribution is 5.85. The predicted molar refractivity (Wildman–Crippen MR) is 180 cm³/mol. The lowest BCUT2D eigenvalue weighted by Gasteiger charge is -2.30. The number of imidazole rings is 1. The van der Waals surface area contributed by atoms with E-state index in [1.165, 1.54) is 24.3 Å². The topological polar surface area (TPSA) is 129 Å². The van der Waals surface area contributed by atoms with E-state index in [0.29, 0.717) is 47.8 Å². The van der Waals surface area contributed by atoms with E-state index in [0.717, 1.165) is 30.7 Å². The first kappa shape index (κ1) is 35.2. The number of fused-ring (bicyclic) bond motifs is 8. The third-order valence-corrected chi connectivity index (χ3v) is 8.94. The highest BCUT2D eigenvalue weighted by atomic mass is 19.3. The molecule has 3 heterocycles. The number of hydrogen-bond donors (Lipinski definition) is 5. The van der Waals surface area contributed by atoms with Crippen molar-refractivity contribution in [2.45, 2.75) is 63.3 Å². The zero-order chi connectivity index (χ0) is 35.2. The Morgan fingerprint density at radius 3 is 2.63 bits per heavy atom. The molecule has 6 rings (SSSR count). The number of carbonyl (C=O) groups excluding carboxylic acids is 1. The van der Waals surface area contributed by atoms with Gasteiger partial charge in [0.25, 0.3) is 5.92 Å². The van der Waals surface area contributed by atoms with Crippen LogP contribution in [0, 0.1) is 11.6 Å². The first-order valence-corrected chi connectivity index (χ1v) is 16.0. The second-order valence-corrected chi connectivity index (χ2v) is 12.1. The molecule has 0 saturated carbocycles. The molecule has 0 radical (unpaired) electrons. The predicted octanol–water partition coefficient (Wildman–Crippen LogP) is 7.77. The molecule has 8 nitrogen and oxygen atoms in total. The van der Waals surface area contributed by atoms with Crippen molar-refractivity contribution in [1.82, 2.24) is 20.3 Å². The van der Waals surface area contributed by atoms with Crippen molar-refractivity contribution in [2.75, 3.05) is 7.11 Å². The van der Waals surface area contributed by atoms with Gasteiger partial charge in [-0.25, -0.2) is 13.8 Å². The number of H-pyrrole nitrogens is 2. The number of alkyl halides is 2. The van der Waals surface area contributed by atoms with E-state index < -0.39 is 35.1 Å². The lowest BCUT2D eigenvalue weighted by atomic mass is 9.75. The summed E-state index contributed by atoms with van der Waals surface area (Å²) in [5, 5.41) is 10.4. The summed E-state index contributed by atoms with van der Waals surface area (Å²) in [5.74, 6) is -4.30. The smallest absolute Gasteiger partial charge is 0.288 e. The standard InChI is InChI=1S/C36H35F4N5O2.CH4O/c1-35(23-8-4-6-22(16-23)7-5-15-46)12-2-3-13-36(39,40)31(41)20-42-19-27-25-11-14-43-30(25)18-29(38)33(27)47-24-9-10-28(37)26(17-24)34-44-21-32(35)45-34;1-2/h4,6,8-11,14-18,20-21,42-43H,2-3,5,7,12-13,19,41H2,1H3,(H,44,45);2H,1H3/b31-20-;. The van der Waals surface area contributed by atoms with Gasteiger partial charge in [-0.2, -0.15) is 8.78 Å². The van der Waals surface area contributed by atoms with Crippen LogP contribution in [0.3, 0.4) is 0 Å². The molecule has 1 atom stereocenters. The fraction of sp³-hybridized carbons (Fsp3) is 0.297. The molecule has 0 aliphatic carbocycles. The van der Waals surface area contributed by atoms with Crippen molar-refractivity contribution in [3.63, 3.8) is 0 Å². The van der Waals surface area contributed by atoms with E-state index in [2.05, 4.69) is 20.3 Å². The number of benzene rings is 3. The summed E-state index contributed by atoms with van der Waals surface area (Å²) in [5.41, 5.74) is 8.01. The summed E-state index contributed by atoms with van der Waals surface area (Å²) < 4.78 is 67.3. The third kappa shape index (κ3) is 7.49. The zero-order valence-electron chi connectivity index (χ0n) is 27.3. The van der Waals surface area contributed by atoms with Crippen LogP contribution < -0.4 is 15.8 Å². The van der Waals surface area contributed by atoms with Gasteiger partial charge in [0, 0.05) is 78.7 Å². The van der Waals surface area contributed by atoms with E-state index in [-0.39, 0.29) is 35.9 Å². The lowest BCUT2D eigenvalue weighted by molar-refractivity contribution is -0.107. The summed E-state index contributed by atoms with van der Waals surface area (Å²) in [6.45, 7) is 1.91. The van der Waals surface area contributed by atoms with E-state index in [1.807, 2.05) is 31.2 Å². The van der Waals surface area contributed by atoms with Crippen LogP contribution in [-0.2, 0) is 23.2 Å². The third-order valence-electron chi connectivity index (χ3n) is 8.94. The Bertz CT molecular complexity index is 1950. The monoisotopic (exact) mass is 677 g/mol. The van der Waals surface area contributed by atoms with Crippen molar-refractivity contribution < 1.29 is 32.2 Å². The van der Waals surface area contributed by atoms with Gasteiger partial charge in [-0.15, -0.1) is 0 Å². The number of nitrogens with zero attached hydrogens (tertiary/aromatic N) is 1. The first-order valence-electron chi connectivity index (χ1n) is 16.0. The Balaban J connectivity index is 0.00000230. The summed E-state index contributed by atoms with van der Waals surface area (Å²) in [4.78, 5) is 21.8. The molecule has 6 N–H and O–H groups in total. The van der Waals surface area contributed by atoms with E-state index in [4.69, 9.17) is 15.6 Å². The van der Waals surface area contributed by atoms with E-state index >= 15 is 17.6 Å². The maximum Gasteiger partial charge on any atom is 0.288 e. The molecule has 0 saturated heterocycles. The fourth-order valence-electron chi connectivity index (χ4n) is 6.18. The minimum atomic E-state index is -3.29. The van der Waals surface area contributed by atoms with Crippen molar-refractivity contribution in [3.05, 3.63) is 113 Å².